The topological polar surface area (TPSA) is 70.2 Å². The highest BCUT2D eigenvalue weighted by Gasteiger charge is 2.45. The second kappa shape index (κ2) is 9.22. The maximum absolute atomic E-state index is 12.6. The Bertz CT molecular complexity index is 974. The quantitative estimate of drug-likeness (QED) is 0.620. The third-order valence-electron chi connectivity index (χ3n) is 8.06. The van der Waals surface area contributed by atoms with Gasteiger partial charge in [0.1, 0.15) is 0 Å². The number of aryl methyl sites for hydroxylation is 1. The van der Waals surface area contributed by atoms with Crippen LogP contribution >= 0.6 is 11.3 Å². The number of hydrogen-bond donors (Lipinski definition) is 0. The van der Waals surface area contributed by atoms with Crippen molar-refractivity contribution in [2.75, 3.05) is 63.9 Å². The predicted molar refractivity (Wildman–Crippen MR) is 130 cm³/mol. The second-order valence-corrected chi connectivity index (χ2v) is 13.9. The Kier molecular flexibility index (Phi) is 6.63. The molecule has 0 radical (unpaired) electrons. The molecule has 4 aliphatic heterocycles. The molecule has 0 unspecified atom stereocenters. The van der Waals surface area contributed by atoms with Gasteiger partial charge in [-0.2, -0.15) is 0 Å². The highest BCUT2D eigenvalue weighted by molar-refractivity contribution is 7.91. The Labute approximate surface area is 202 Å². The van der Waals surface area contributed by atoms with Crippen LogP contribution in [0.1, 0.15) is 42.0 Å². The molecular formula is C24H37N3O4S2. The molecule has 0 bridgehead atoms. The van der Waals surface area contributed by atoms with E-state index in [0.717, 1.165) is 58.5 Å². The standard InChI is InChI=1S/C24H37N3O4S2/c1-3-20-12-21-22(32-20)4-9-31-24(21)5-6-26(18(2)13-24)14-19-15-27(16-19)23(28)17-25-7-10-33(29,30)11-8-25/h12,18-19H,3-11,13-17H2,1-2H3/t18-,24+/m0/s1. The molecule has 0 aliphatic carbocycles. The van der Waals surface area contributed by atoms with Gasteiger partial charge in [0.15, 0.2) is 9.84 Å². The smallest absolute Gasteiger partial charge is 0.236 e. The molecule has 5 rings (SSSR count). The first-order valence-corrected chi connectivity index (χ1v) is 15.1. The number of fused-ring (bicyclic) bond motifs is 2. The average molecular weight is 496 g/mol. The number of piperidine rings is 1. The minimum Gasteiger partial charge on any atom is -0.370 e. The molecule has 0 N–H and O–H groups in total. The molecule has 1 amide bonds. The van der Waals surface area contributed by atoms with Crippen LogP contribution in [-0.2, 0) is 37.8 Å². The zero-order chi connectivity index (χ0) is 23.2. The van der Waals surface area contributed by atoms with Crippen molar-refractivity contribution >= 4 is 27.1 Å². The van der Waals surface area contributed by atoms with Crippen LogP contribution in [0.2, 0.25) is 0 Å². The summed E-state index contributed by atoms with van der Waals surface area (Å²) in [5.41, 5.74) is 1.37. The van der Waals surface area contributed by atoms with Gasteiger partial charge in [-0.05, 0) is 37.8 Å². The van der Waals surface area contributed by atoms with Crippen molar-refractivity contribution in [1.29, 1.82) is 0 Å². The molecule has 2 atom stereocenters. The first kappa shape index (κ1) is 23.7. The Morgan fingerprint density at radius 3 is 2.70 bits per heavy atom. The average Bonchev–Trinajstić information content (AvgIpc) is 3.18. The normalized spacial score (nSPS) is 30.8. The minimum absolute atomic E-state index is 0.100. The lowest BCUT2D eigenvalue weighted by Gasteiger charge is -2.50. The van der Waals surface area contributed by atoms with Gasteiger partial charge in [0.25, 0.3) is 0 Å². The number of carbonyl (C=O) groups excluding carboxylic acids is 1. The summed E-state index contributed by atoms with van der Waals surface area (Å²) in [5.74, 6) is 1.02. The fourth-order valence-electron chi connectivity index (χ4n) is 5.97. The largest absolute Gasteiger partial charge is 0.370 e. The summed E-state index contributed by atoms with van der Waals surface area (Å²) in [6, 6.07) is 2.88. The Morgan fingerprint density at radius 2 is 2.00 bits per heavy atom. The van der Waals surface area contributed by atoms with Gasteiger partial charge in [0, 0.05) is 67.4 Å². The summed E-state index contributed by atoms with van der Waals surface area (Å²) in [4.78, 5) is 22.1. The summed E-state index contributed by atoms with van der Waals surface area (Å²) >= 11 is 1.98. The van der Waals surface area contributed by atoms with Gasteiger partial charge in [0.2, 0.25) is 5.91 Å². The highest BCUT2D eigenvalue weighted by Crippen LogP contribution is 2.46. The minimum atomic E-state index is -2.90. The van der Waals surface area contributed by atoms with Crippen LogP contribution in [0.25, 0.3) is 0 Å². The maximum Gasteiger partial charge on any atom is 0.236 e. The van der Waals surface area contributed by atoms with E-state index >= 15 is 0 Å². The number of sulfone groups is 1. The van der Waals surface area contributed by atoms with Crippen molar-refractivity contribution in [2.24, 2.45) is 5.92 Å². The van der Waals surface area contributed by atoms with Crippen molar-refractivity contribution in [3.8, 4) is 0 Å². The zero-order valence-corrected chi connectivity index (χ0v) is 21.6. The van der Waals surface area contributed by atoms with E-state index in [4.69, 9.17) is 4.74 Å². The van der Waals surface area contributed by atoms with Crippen molar-refractivity contribution in [1.82, 2.24) is 14.7 Å². The first-order chi connectivity index (χ1) is 15.8. The molecule has 0 saturated carbocycles. The van der Waals surface area contributed by atoms with Crippen molar-refractivity contribution in [3.63, 3.8) is 0 Å². The molecule has 5 heterocycles. The van der Waals surface area contributed by atoms with Crippen LogP contribution in [0.3, 0.4) is 0 Å². The van der Waals surface area contributed by atoms with E-state index in [1.807, 2.05) is 21.1 Å². The lowest BCUT2D eigenvalue weighted by molar-refractivity contribution is -0.140. The maximum atomic E-state index is 12.6. The SMILES string of the molecule is CCc1cc2c(s1)CCO[C@@]21CCN(CC2CN(C(=O)CN3CCS(=O)(=O)CC3)C2)[C@@H](C)C1. The van der Waals surface area contributed by atoms with Gasteiger partial charge in [0.05, 0.1) is 30.3 Å². The lowest BCUT2D eigenvalue weighted by Crippen LogP contribution is -2.59. The third-order valence-corrected chi connectivity index (χ3v) is 11.0. The molecule has 0 aromatic carbocycles. The number of nitrogens with zero attached hydrogens (tertiary/aromatic N) is 3. The number of thiophene rings is 1. The van der Waals surface area contributed by atoms with E-state index in [2.05, 4.69) is 24.8 Å². The van der Waals surface area contributed by atoms with Crippen LogP contribution in [0.15, 0.2) is 6.07 Å². The molecule has 3 fully saturated rings. The van der Waals surface area contributed by atoms with Gasteiger partial charge in [-0.3, -0.25) is 9.69 Å². The molecule has 4 aliphatic rings. The summed E-state index contributed by atoms with van der Waals surface area (Å²) in [6.07, 6.45) is 4.26. The zero-order valence-electron chi connectivity index (χ0n) is 19.9. The number of hydrogen-bond acceptors (Lipinski definition) is 7. The summed E-state index contributed by atoms with van der Waals surface area (Å²) in [5, 5.41) is 0. The molecule has 1 aromatic rings. The Morgan fingerprint density at radius 1 is 1.24 bits per heavy atom. The van der Waals surface area contributed by atoms with Crippen molar-refractivity contribution in [2.45, 2.75) is 51.2 Å². The molecule has 9 heteroatoms. The van der Waals surface area contributed by atoms with E-state index in [1.165, 1.54) is 10.4 Å². The van der Waals surface area contributed by atoms with Gasteiger partial charge in [-0.15, -0.1) is 11.3 Å². The van der Waals surface area contributed by atoms with E-state index in [1.54, 1.807) is 4.88 Å². The van der Waals surface area contributed by atoms with E-state index < -0.39 is 9.84 Å². The Hall–Kier alpha value is -1.00. The number of amides is 1. The molecule has 33 heavy (non-hydrogen) atoms. The van der Waals surface area contributed by atoms with Gasteiger partial charge < -0.3 is 14.5 Å². The van der Waals surface area contributed by atoms with Crippen LogP contribution in [0.5, 0.6) is 0 Å². The number of ether oxygens (including phenoxy) is 1. The molecule has 1 aromatic heterocycles. The van der Waals surface area contributed by atoms with Crippen LogP contribution in [-0.4, -0.2) is 99.0 Å². The predicted octanol–water partition coefficient (Wildman–Crippen LogP) is 1.75. The fraction of sp³-hybridized carbons (Fsp3) is 0.792. The fourth-order valence-corrected chi connectivity index (χ4v) is 8.42. The summed E-state index contributed by atoms with van der Waals surface area (Å²) in [6.45, 7) is 10.4. The third kappa shape index (κ3) is 4.89. The molecule has 7 nitrogen and oxygen atoms in total. The van der Waals surface area contributed by atoms with Crippen LogP contribution in [0, 0.1) is 5.92 Å². The highest BCUT2D eigenvalue weighted by atomic mass is 32.2. The second-order valence-electron chi connectivity index (χ2n) is 10.4. The van der Waals surface area contributed by atoms with Crippen molar-refractivity contribution < 1.29 is 17.9 Å². The molecular weight excluding hydrogens is 458 g/mol. The molecule has 1 spiro atoms. The van der Waals surface area contributed by atoms with E-state index in [-0.39, 0.29) is 23.0 Å². The van der Waals surface area contributed by atoms with Crippen LogP contribution < -0.4 is 0 Å². The number of likely N-dealkylation sites (tertiary alicyclic amines) is 2. The number of rotatable bonds is 5. The van der Waals surface area contributed by atoms with Gasteiger partial charge in [-0.25, -0.2) is 8.42 Å². The number of carbonyl (C=O) groups is 1. The summed E-state index contributed by atoms with van der Waals surface area (Å²) in [7, 11) is -2.90. The van der Waals surface area contributed by atoms with E-state index in [0.29, 0.717) is 31.6 Å². The van der Waals surface area contributed by atoms with Crippen molar-refractivity contribution in [3.05, 3.63) is 21.4 Å². The summed E-state index contributed by atoms with van der Waals surface area (Å²) < 4.78 is 29.6. The van der Waals surface area contributed by atoms with Gasteiger partial charge in [-0.1, -0.05) is 6.92 Å². The lowest BCUT2D eigenvalue weighted by atomic mass is 9.79. The Balaban J connectivity index is 1.10. The first-order valence-electron chi connectivity index (χ1n) is 12.5. The molecule has 184 valence electrons. The molecule has 3 saturated heterocycles. The van der Waals surface area contributed by atoms with Crippen LogP contribution in [0.4, 0.5) is 0 Å². The van der Waals surface area contributed by atoms with E-state index in [9.17, 15) is 13.2 Å². The monoisotopic (exact) mass is 495 g/mol. The van der Waals surface area contributed by atoms with Gasteiger partial charge >= 0.3 is 0 Å².